The van der Waals surface area contributed by atoms with Gasteiger partial charge in [0, 0.05) is 6.42 Å². The van der Waals surface area contributed by atoms with E-state index in [1.165, 1.54) is 83.4 Å². The zero-order chi connectivity index (χ0) is 24.7. The average Bonchev–Trinajstić information content (AvgIpc) is 3.51. The molecule has 1 fully saturated rings. The molecule has 2 atom stereocenters. The number of fused-ring (bicyclic) bond motifs is 1. The molecular formula is C27H45N5O3. The molecule has 35 heavy (non-hydrogen) atoms. The van der Waals surface area contributed by atoms with E-state index in [9.17, 15) is 9.90 Å². The summed E-state index contributed by atoms with van der Waals surface area (Å²) in [7, 11) is 0. The summed E-state index contributed by atoms with van der Waals surface area (Å²) in [5.74, 6) is 0.414. The van der Waals surface area contributed by atoms with E-state index in [-0.39, 0.29) is 24.8 Å². The molecular weight excluding hydrogens is 442 g/mol. The highest BCUT2D eigenvalue weighted by molar-refractivity contribution is 5.96. The van der Waals surface area contributed by atoms with Gasteiger partial charge in [0.1, 0.15) is 12.6 Å². The summed E-state index contributed by atoms with van der Waals surface area (Å²) in [4.78, 5) is 25.5. The monoisotopic (exact) mass is 487 g/mol. The topological polar surface area (TPSA) is 102 Å². The Morgan fingerprint density at radius 1 is 0.943 bits per heavy atom. The molecule has 8 heteroatoms. The number of carbonyl (C=O) groups excluding carboxylic acids is 1. The highest BCUT2D eigenvalue weighted by atomic mass is 16.5. The Balaban J connectivity index is 1.26. The summed E-state index contributed by atoms with van der Waals surface area (Å²) in [5, 5.41) is 12.2. The van der Waals surface area contributed by atoms with Gasteiger partial charge in [0.05, 0.1) is 19.0 Å². The van der Waals surface area contributed by atoms with E-state index in [2.05, 4.69) is 27.2 Å². The van der Waals surface area contributed by atoms with E-state index in [1.54, 1.807) is 6.33 Å². The van der Waals surface area contributed by atoms with Crippen LogP contribution in [-0.2, 0) is 9.53 Å². The zero-order valence-corrected chi connectivity index (χ0v) is 21.6. The van der Waals surface area contributed by atoms with E-state index < -0.39 is 0 Å². The lowest BCUT2D eigenvalue weighted by Gasteiger charge is -2.13. The van der Waals surface area contributed by atoms with E-state index in [1.807, 2.05) is 4.57 Å². The first-order valence-corrected chi connectivity index (χ1v) is 14.0. The van der Waals surface area contributed by atoms with Crippen molar-refractivity contribution in [2.75, 3.05) is 11.9 Å². The molecule has 1 amide bonds. The molecule has 1 aliphatic rings. The molecule has 0 unspecified atom stereocenters. The second-order valence-corrected chi connectivity index (χ2v) is 9.91. The first-order chi connectivity index (χ1) is 17.2. The number of hydrogen-bond acceptors (Lipinski definition) is 6. The van der Waals surface area contributed by atoms with Gasteiger partial charge in [-0.2, -0.15) is 0 Å². The number of aliphatic hydroxyl groups is 1. The second kappa shape index (κ2) is 15.8. The quantitative estimate of drug-likeness (QED) is 0.239. The van der Waals surface area contributed by atoms with Crippen LogP contribution < -0.4 is 5.32 Å². The first-order valence-electron chi connectivity index (χ1n) is 14.0. The molecule has 2 N–H and O–H groups in total. The van der Waals surface area contributed by atoms with Gasteiger partial charge in [-0.05, 0) is 19.3 Å². The van der Waals surface area contributed by atoms with Crippen molar-refractivity contribution < 1.29 is 14.6 Å². The highest BCUT2D eigenvalue weighted by Gasteiger charge is 2.28. The molecule has 0 aliphatic carbocycles. The van der Waals surface area contributed by atoms with E-state index in [0.29, 0.717) is 23.4 Å². The minimum Gasteiger partial charge on any atom is -0.394 e. The van der Waals surface area contributed by atoms with Gasteiger partial charge < -0.3 is 15.2 Å². The molecule has 0 aromatic carbocycles. The average molecular weight is 488 g/mol. The molecule has 2 aromatic rings. The minimum atomic E-state index is -0.203. The summed E-state index contributed by atoms with van der Waals surface area (Å²) in [5.41, 5.74) is 1.20. The van der Waals surface area contributed by atoms with Crippen molar-refractivity contribution >= 4 is 22.9 Å². The van der Waals surface area contributed by atoms with Crippen LogP contribution in [0.15, 0.2) is 12.7 Å². The summed E-state index contributed by atoms with van der Waals surface area (Å²) in [6.07, 6.45) is 23.1. The Kier molecular flexibility index (Phi) is 12.5. The first kappa shape index (κ1) is 27.5. The Bertz CT molecular complexity index is 872. The van der Waals surface area contributed by atoms with Crippen LogP contribution in [0.1, 0.15) is 122 Å². The number of imidazole rings is 1. The number of ether oxygens (including phenoxy) is 1. The van der Waals surface area contributed by atoms with Gasteiger partial charge in [-0.1, -0.05) is 90.4 Å². The molecule has 0 radical (unpaired) electrons. The molecule has 1 saturated heterocycles. The van der Waals surface area contributed by atoms with Crippen LogP contribution >= 0.6 is 0 Å². The standard InChI is InChI=1S/C27H45N5O3/c1-2-3-4-5-6-7-8-9-10-11-12-13-14-15-16-23(34)31-26-25-27(29-20-28-26)32(21-30-25)24-18-17-22(19-33)35-24/h20-22,24,33H,2-19H2,1H3,(H,28,29,31,34)/t22-,24+/m0/s1. The van der Waals surface area contributed by atoms with Crippen molar-refractivity contribution in [1.82, 2.24) is 19.5 Å². The lowest BCUT2D eigenvalue weighted by atomic mass is 10.0. The number of nitrogens with zero attached hydrogens (tertiary/aromatic N) is 4. The molecule has 0 saturated carbocycles. The molecule has 3 rings (SSSR count). The van der Waals surface area contributed by atoms with Crippen molar-refractivity contribution in [2.45, 2.75) is 128 Å². The van der Waals surface area contributed by atoms with Crippen LogP contribution in [-0.4, -0.2) is 43.2 Å². The van der Waals surface area contributed by atoms with Gasteiger partial charge in [0.25, 0.3) is 0 Å². The van der Waals surface area contributed by atoms with Gasteiger partial charge in [-0.3, -0.25) is 9.36 Å². The van der Waals surface area contributed by atoms with Crippen molar-refractivity contribution in [3.8, 4) is 0 Å². The van der Waals surface area contributed by atoms with Crippen LogP contribution in [0.3, 0.4) is 0 Å². The number of anilines is 1. The largest absolute Gasteiger partial charge is 0.394 e. The SMILES string of the molecule is CCCCCCCCCCCCCCCCC(=O)Nc1ncnc2c1ncn2[C@H]1CC[C@@H](CO)O1. The predicted molar refractivity (Wildman–Crippen MR) is 139 cm³/mol. The van der Waals surface area contributed by atoms with Crippen LogP contribution in [0.2, 0.25) is 0 Å². The van der Waals surface area contributed by atoms with Crippen molar-refractivity contribution in [2.24, 2.45) is 0 Å². The minimum absolute atomic E-state index is 0.0126. The van der Waals surface area contributed by atoms with Crippen molar-refractivity contribution in [3.63, 3.8) is 0 Å². The van der Waals surface area contributed by atoms with Crippen LogP contribution in [0, 0.1) is 0 Å². The van der Waals surface area contributed by atoms with Crippen LogP contribution in [0.4, 0.5) is 5.82 Å². The smallest absolute Gasteiger partial charge is 0.225 e. The van der Waals surface area contributed by atoms with Gasteiger partial charge in [0.2, 0.25) is 5.91 Å². The fourth-order valence-electron chi connectivity index (χ4n) is 4.85. The third-order valence-corrected chi connectivity index (χ3v) is 6.97. The Hall–Kier alpha value is -2.06. The maximum Gasteiger partial charge on any atom is 0.225 e. The third-order valence-electron chi connectivity index (χ3n) is 6.97. The van der Waals surface area contributed by atoms with Crippen molar-refractivity contribution in [3.05, 3.63) is 12.7 Å². The molecule has 0 spiro atoms. The highest BCUT2D eigenvalue weighted by Crippen LogP contribution is 2.31. The third kappa shape index (κ3) is 9.15. The number of aromatic nitrogens is 4. The lowest BCUT2D eigenvalue weighted by molar-refractivity contribution is -0.116. The summed E-state index contributed by atoms with van der Waals surface area (Å²) >= 11 is 0. The Morgan fingerprint density at radius 3 is 2.17 bits per heavy atom. The lowest BCUT2D eigenvalue weighted by Crippen LogP contribution is -2.15. The molecule has 196 valence electrons. The predicted octanol–water partition coefficient (Wildman–Crippen LogP) is 6.31. The number of hydrogen-bond donors (Lipinski definition) is 2. The molecule has 2 aromatic heterocycles. The van der Waals surface area contributed by atoms with Crippen LogP contribution in [0.5, 0.6) is 0 Å². The van der Waals surface area contributed by atoms with Gasteiger partial charge in [-0.15, -0.1) is 0 Å². The number of carbonyl (C=O) groups is 1. The molecule has 0 bridgehead atoms. The van der Waals surface area contributed by atoms with E-state index in [0.717, 1.165) is 25.7 Å². The molecule has 1 aliphatic heterocycles. The van der Waals surface area contributed by atoms with Gasteiger partial charge in [0.15, 0.2) is 17.0 Å². The maximum atomic E-state index is 12.5. The van der Waals surface area contributed by atoms with E-state index >= 15 is 0 Å². The fourth-order valence-corrected chi connectivity index (χ4v) is 4.85. The summed E-state index contributed by atoms with van der Waals surface area (Å²) < 4.78 is 7.70. The summed E-state index contributed by atoms with van der Waals surface area (Å²) in [6, 6.07) is 0. The normalized spacial score (nSPS) is 17.9. The van der Waals surface area contributed by atoms with E-state index in [4.69, 9.17) is 4.74 Å². The molecule has 3 heterocycles. The number of amides is 1. The maximum absolute atomic E-state index is 12.5. The number of rotatable bonds is 18. The Labute approximate surface area is 210 Å². The van der Waals surface area contributed by atoms with Gasteiger partial charge in [-0.25, -0.2) is 15.0 Å². The number of nitrogens with one attached hydrogen (secondary N) is 1. The number of unbranched alkanes of at least 4 members (excludes halogenated alkanes) is 13. The van der Waals surface area contributed by atoms with Crippen LogP contribution in [0.25, 0.3) is 11.2 Å². The van der Waals surface area contributed by atoms with Gasteiger partial charge >= 0.3 is 0 Å². The second-order valence-electron chi connectivity index (χ2n) is 9.91. The zero-order valence-electron chi connectivity index (χ0n) is 21.6. The molecule has 8 nitrogen and oxygen atoms in total. The fraction of sp³-hybridized carbons (Fsp3) is 0.778. The van der Waals surface area contributed by atoms with Crippen molar-refractivity contribution in [1.29, 1.82) is 0 Å². The Morgan fingerprint density at radius 2 is 1.57 bits per heavy atom. The number of aliphatic hydroxyl groups excluding tert-OH is 1. The summed E-state index contributed by atoms with van der Waals surface area (Å²) in [6.45, 7) is 2.28.